The third kappa shape index (κ3) is 2.60. The fourth-order valence-corrected chi connectivity index (χ4v) is 2.15. The van der Waals surface area contributed by atoms with Crippen LogP contribution in [0.4, 0.5) is 5.69 Å². The van der Waals surface area contributed by atoms with Gasteiger partial charge < -0.3 is 5.11 Å². The lowest BCUT2D eigenvalue weighted by Gasteiger charge is -2.36. The van der Waals surface area contributed by atoms with E-state index in [1.165, 1.54) is 12.1 Å². The molecule has 1 saturated heterocycles. The number of nitrogens with zero attached hydrogens (tertiary/aromatic N) is 2. The van der Waals surface area contributed by atoms with Gasteiger partial charge >= 0.3 is 5.97 Å². The summed E-state index contributed by atoms with van der Waals surface area (Å²) < 4.78 is 0. The zero-order valence-corrected chi connectivity index (χ0v) is 10.1. The van der Waals surface area contributed by atoms with Gasteiger partial charge in [0.25, 0.3) is 5.69 Å². The van der Waals surface area contributed by atoms with Gasteiger partial charge in [0.05, 0.1) is 10.8 Å². The highest BCUT2D eigenvalue weighted by molar-refractivity contribution is 6.30. The number of hydrogen-bond acceptors (Lipinski definition) is 4. The molecule has 2 rings (SSSR count). The van der Waals surface area contributed by atoms with Crippen LogP contribution in [-0.4, -0.2) is 34.0 Å². The van der Waals surface area contributed by atoms with Crippen molar-refractivity contribution in [3.63, 3.8) is 0 Å². The Morgan fingerprint density at radius 2 is 2.22 bits per heavy atom. The fraction of sp³-hybridized carbons (Fsp3) is 0.364. The molecule has 0 saturated carbocycles. The van der Waals surface area contributed by atoms with E-state index in [9.17, 15) is 14.9 Å². The molecule has 1 fully saturated rings. The molecule has 96 valence electrons. The monoisotopic (exact) mass is 270 g/mol. The Morgan fingerprint density at radius 1 is 1.56 bits per heavy atom. The molecular formula is C11H11ClN2O4. The average Bonchev–Trinajstić information content (AvgIpc) is 2.21. The smallest absolute Gasteiger partial charge is 0.309 e. The van der Waals surface area contributed by atoms with Crippen molar-refractivity contribution < 1.29 is 14.8 Å². The molecule has 1 heterocycles. The lowest BCUT2D eigenvalue weighted by Crippen LogP contribution is -2.49. The Morgan fingerprint density at radius 3 is 2.78 bits per heavy atom. The van der Waals surface area contributed by atoms with Crippen molar-refractivity contribution >= 4 is 23.3 Å². The molecular weight excluding hydrogens is 260 g/mol. The molecule has 1 aromatic rings. The summed E-state index contributed by atoms with van der Waals surface area (Å²) in [7, 11) is 0. The molecule has 1 aromatic carbocycles. The van der Waals surface area contributed by atoms with Crippen molar-refractivity contribution in [1.29, 1.82) is 0 Å². The number of hydrogen-bond donors (Lipinski definition) is 1. The van der Waals surface area contributed by atoms with Gasteiger partial charge in [-0.3, -0.25) is 19.8 Å². The van der Waals surface area contributed by atoms with Gasteiger partial charge in [-0.05, 0) is 12.1 Å². The summed E-state index contributed by atoms with van der Waals surface area (Å²) in [6.45, 7) is 1.18. The normalized spacial score (nSPS) is 16.3. The SMILES string of the molecule is O=C(O)C1CN(Cc2cc(Cl)ccc2[N+](=O)[O-])C1. The first-order valence-corrected chi connectivity index (χ1v) is 5.73. The van der Waals surface area contributed by atoms with Gasteiger partial charge in [0.1, 0.15) is 0 Å². The summed E-state index contributed by atoms with van der Waals surface area (Å²) >= 11 is 5.81. The second-order valence-electron chi connectivity index (χ2n) is 4.26. The third-order valence-electron chi connectivity index (χ3n) is 2.94. The van der Waals surface area contributed by atoms with Crippen molar-refractivity contribution in [2.75, 3.05) is 13.1 Å². The van der Waals surface area contributed by atoms with Crippen molar-refractivity contribution in [3.05, 3.63) is 38.9 Å². The van der Waals surface area contributed by atoms with E-state index in [-0.39, 0.29) is 11.6 Å². The van der Waals surface area contributed by atoms with Gasteiger partial charge in [-0.25, -0.2) is 0 Å². The topological polar surface area (TPSA) is 83.7 Å². The summed E-state index contributed by atoms with van der Waals surface area (Å²) in [5.41, 5.74) is 0.523. The minimum Gasteiger partial charge on any atom is -0.481 e. The summed E-state index contributed by atoms with van der Waals surface area (Å²) in [5, 5.41) is 20.0. The Bertz CT molecular complexity index is 500. The number of nitro groups is 1. The highest BCUT2D eigenvalue weighted by Crippen LogP contribution is 2.27. The highest BCUT2D eigenvalue weighted by Gasteiger charge is 2.33. The molecule has 1 N–H and O–H groups in total. The minimum atomic E-state index is -0.827. The number of halogens is 1. The van der Waals surface area contributed by atoms with Crippen molar-refractivity contribution in [1.82, 2.24) is 4.90 Å². The van der Waals surface area contributed by atoms with Crippen LogP contribution in [0.2, 0.25) is 5.02 Å². The number of rotatable bonds is 4. The van der Waals surface area contributed by atoms with Crippen molar-refractivity contribution in [2.24, 2.45) is 5.92 Å². The van der Waals surface area contributed by atoms with E-state index in [4.69, 9.17) is 16.7 Å². The average molecular weight is 271 g/mol. The Hall–Kier alpha value is -1.66. The molecule has 6 nitrogen and oxygen atoms in total. The van der Waals surface area contributed by atoms with E-state index in [2.05, 4.69) is 0 Å². The molecule has 0 spiro atoms. The number of carbonyl (C=O) groups is 1. The first-order chi connectivity index (χ1) is 8.47. The molecule has 0 unspecified atom stereocenters. The molecule has 0 radical (unpaired) electrons. The first kappa shape index (κ1) is 12.8. The number of carboxylic acids is 1. The molecule has 0 amide bonds. The summed E-state index contributed by atoms with van der Waals surface area (Å²) in [4.78, 5) is 22.9. The molecule has 0 aliphatic carbocycles. The number of nitro benzene ring substituents is 1. The maximum atomic E-state index is 10.8. The van der Waals surface area contributed by atoms with E-state index in [0.717, 1.165) is 0 Å². The van der Waals surface area contributed by atoms with Crippen LogP contribution in [-0.2, 0) is 11.3 Å². The van der Waals surface area contributed by atoms with Crippen LogP contribution in [0.1, 0.15) is 5.56 Å². The maximum Gasteiger partial charge on any atom is 0.309 e. The second-order valence-corrected chi connectivity index (χ2v) is 4.70. The standard InChI is InChI=1S/C11H11ClN2O4/c12-9-1-2-10(14(17)18)7(3-9)4-13-5-8(6-13)11(15)16/h1-3,8H,4-6H2,(H,15,16). The van der Waals surface area contributed by atoms with E-state index in [1.54, 1.807) is 6.07 Å². The Labute approximate surface area is 108 Å². The van der Waals surface area contributed by atoms with Gasteiger partial charge in [0, 0.05) is 36.3 Å². The molecule has 0 atom stereocenters. The maximum absolute atomic E-state index is 10.8. The van der Waals surface area contributed by atoms with Gasteiger partial charge in [0.2, 0.25) is 0 Å². The van der Waals surface area contributed by atoms with Crippen LogP contribution in [0, 0.1) is 16.0 Å². The predicted molar refractivity (Wildman–Crippen MR) is 64.5 cm³/mol. The molecule has 1 aliphatic heterocycles. The van der Waals surface area contributed by atoms with Crippen LogP contribution in [0.3, 0.4) is 0 Å². The van der Waals surface area contributed by atoms with Crippen molar-refractivity contribution in [2.45, 2.75) is 6.54 Å². The minimum absolute atomic E-state index is 0.0122. The number of likely N-dealkylation sites (tertiary alicyclic amines) is 1. The van der Waals surface area contributed by atoms with E-state index in [0.29, 0.717) is 30.2 Å². The van der Waals surface area contributed by atoms with Crippen molar-refractivity contribution in [3.8, 4) is 0 Å². The quantitative estimate of drug-likeness (QED) is 0.666. The third-order valence-corrected chi connectivity index (χ3v) is 3.17. The zero-order valence-electron chi connectivity index (χ0n) is 9.38. The lowest BCUT2D eigenvalue weighted by atomic mass is 9.99. The van der Waals surface area contributed by atoms with Gasteiger partial charge in [-0.2, -0.15) is 0 Å². The molecule has 0 bridgehead atoms. The van der Waals surface area contributed by atoms with Crippen LogP contribution in [0.15, 0.2) is 18.2 Å². The largest absolute Gasteiger partial charge is 0.481 e. The lowest BCUT2D eigenvalue weighted by molar-refractivity contribution is -0.385. The Kier molecular flexibility index (Phi) is 3.49. The fourth-order valence-electron chi connectivity index (χ4n) is 1.95. The summed E-state index contributed by atoms with van der Waals surface area (Å²) in [6, 6.07) is 4.39. The second kappa shape index (κ2) is 4.91. The first-order valence-electron chi connectivity index (χ1n) is 5.35. The van der Waals surface area contributed by atoms with Crippen LogP contribution in [0.5, 0.6) is 0 Å². The molecule has 18 heavy (non-hydrogen) atoms. The van der Waals surface area contributed by atoms with E-state index in [1.807, 2.05) is 4.90 Å². The number of aliphatic carboxylic acids is 1. The van der Waals surface area contributed by atoms with Gasteiger partial charge in [-0.15, -0.1) is 0 Å². The van der Waals surface area contributed by atoms with Gasteiger partial charge in [-0.1, -0.05) is 11.6 Å². The zero-order chi connectivity index (χ0) is 13.3. The summed E-state index contributed by atoms with van der Waals surface area (Å²) in [6.07, 6.45) is 0. The molecule has 1 aliphatic rings. The number of carboxylic acid groups (broad SMARTS) is 1. The van der Waals surface area contributed by atoms with Gasteiger partial charge in [0.15, 0.2) is 0 Å². The summed E-state index contributed by atoms with van der Waals surface area (Å²) in [5.74, 6) is -1.20. The number of benzene rings is 1. The van der Waals surface area contributed by atoms with Crippen LogP contribution < -0.4 is 0 Å². The van der Waals surface area contributed by atoms with E-state index >= 15 is 0 Å². The highest BCUT2D eigenvalue weighted by atomic mass is 35.5. The van der Waals surface area contributed by atoms with E-state index < -0.39 is 10.9 Å². The Balaban J connectivity index is 2.08. The molecule has 7 heteroatoms. The van der Waals surface area contributed by atoms with Crippen LogP contribution >= 0.6 is 11.6 Å². The van der Waals surface area contributed by atoms with Crippen LogP contribution in [0.25, 0.3) is 0 Å². The molecule has 0 aromatic heterocycles. The predicted octanol–water partition coefficient (Wildman–Crippen LogP) is 1.76.